The Morgan fingerprint density at radius 3 is 2.81 bits per heavy atom. The SMILES string of the molecule is C=C(S/C=C\C)C1=NC(c2ccccc2Cl)C2=C(CC(C)(C)CC2=O)N1. The minimum Gasteiger partial charge on any atom is -0.343 e. The number of carbonyl (C=O) groups excluding carboxylic acids is 1. The molecule has 2 aliphatic rings. The van der Waals surface area contributed by atoms with Crippen LogP contribution in [-0.4, -0.2) is 11.6 Å². The molecular weight excluding hydrogens is 364 g/mol. The van der Waals surface area contributed by atoms with Gasteiger partial charge in [0.1, 0.15) is 11.9 Å². The van der Waals surface area contributed by atoms with Crippen molar-refractivity contribution in [1.82, 2.24) is 5.32 Å². The summed E-state index contributed by atoms with van der Waals surface area (Å²) in [5.41, 5.74) is 2.47. The standard InChI is InChI=1S/C21H23ClN2OS/c1-5-10-26-13(2)20-23-16-11-21(3,4)12-17(25)18(16)19(24-20)14-8-6-7-9-15(14)22/h5-10,19H,2,11-12H2,1,3-4H3,(H,23,24)/b10-5-. The Morgan fingerprint density at radius 2 is 2.12 bits per heavy atom. The molecule has 0 radical (unpaired) electrons. The monoisotopic (exact) mass is 386 g/mol. The summed E-state index contributed by atoms with van der Waals surface area (Å²) >= 11 is 7.96. The zero-order valence-corrected chi connectivity index (χ0v) is 16.9. The smallest absolute Gasteiger partial charge is 0.163 e. The van der Waals surface area contributed by atoms with Crippen LogP contribution in [0.3, 0.4) is 0 Å². The van der Waals surface area contributed by atoms with Crippen molar-refractivity contribution in [1.29, 1.82) is 0 Å². The first-order chi connectivity index (χ1) is 12.3. The highest BCUT2D eigenvalue weighted by atomic mass is 35.5. The third-order valence-corrected chi connectivity index (χ3v) is 5.76. The summed E-state index contributed by atoms with van der Waals surface area (Å²) in [5.74, 6) is 0.852. The number of amidine groups is 1. The molecule has 0 saturated heterocycles. The number of ketones is 1. The zero-order valence-electron chi connectivity index (χ0n) is 15.3. The van der Waals surface area contributed by atoms with E-state index in [1.807, 2.05) is 42.7 Å². The normalized spacial score (nSPS) is 22.1. The van der Waals surface area contributed by atoms with E-state index >= 15 is 0 Å². The molecule has 0 aromatic heterocycles. The molecule has 1 aromatic rings. The lowest BCUT2D eigenvalue weighted by molar-refractivity contribution is -0.118. The Morgan fingerprint density at radius 1 is 1.38 bits per heavy atom. The number of carbonyl (C=O) groups is 1. The van der Waals surface area contributed by atoms with Crippen LogP contribution in [0.15, 0.2) is 63.5 Å². The number of hydrogen-bond acceptors (Lipinski definition) is 4. The number of hydrogen-bond donors (Lipinski definition) is 1. The van der Waals surface area contributed by atoms with Crippen molar-refractivity contribution in [2.45, 2.75) is 39.7 Å². The van der Waals surface area contributed by atoms with E-state index in [4.69, 9.17) is 16.6 Å². The topological polar surface area (TPSA) is 41.5 Å². The van der Waals surface area contributed by atoms with Crippen LogP contribution in [0.4, 0.5) is 0 Å². The second kappa shape index (κ2) is 7.45. The van der Waals surface area contributed by atoms with Gasteiger partial charge in [0.25, 0.3) is 0 Å². The molecule has 0 saturated carbocycles. The molecule has 0 fully saturated rings. The van der Waals surface area contributed by atoms with Gasteiger partial charge in [0.2, 0.25) is 0 Å². The van der Waals surface area contributed by atoms with Crippen molar-refractivity contribution >= 4 is 35.0 Å². The average molecular weight is 387 g/mol. The number of allylic oxidation sites excluding steroid dienone is 2. The highest BCUT2D eigenvalue weighted by Gasteiger charge is 2.40. The third-order valence-electron chi connectivity index (χ3n) is 4.53. The van der Waals surface area contributed by atoms with Crippen LogP contribution < -0.4 is 5.32 Å². The molecule has 1 aliphatic heterocycles. The van der Waals surface area contributed by atoms with Gasteiger partial charge >= 0.3 is 0 Å². The van der Waals surface area contributed by atoms with E-state index in [1.54, 1.807) is 0 Å². The molecule has 1 aromatic carbocycles. The van der Waals surface area contributed by atoms with Gasteiger partial charge in [0.05, 0.1) is 0 Å². The first-order valence-corrected chi connectivity index (χ1v) is 9.91. The summed E-state index contributed by atoms with van der Waals surface area (Å²) in [4.78, 5) is 18.6. The number of Topliss-reactive ketones (excluding diaryl/α,β-unsaturated/α-hetero) is 1. The predicted octanol–water partition coefficient (Wildman–Crippen LogP) is 5.81. The Kier molecular flexibility index (Phi) is 5.44. The van der Waals surface area contributed by atoms with E-state index in [-0.39, 0.29) is 17.2 Å². The molecule has 1 atom stereocenters. The molecule has 1 heterocycles. The average Bonchev–Trinajstić information content (AvgIpc) is 2.57. The predicted molar refractivity (Wildman–Crippen MR) is 111 cm³/mol. The molecule has 1 N–H and O–H groups in total. The van der Waals surface area contributed by atoms with Crippen LogP contribution in [0.25, 0.3) is 0 Å². The Balaban J connectivity index is 2.09. The number of benzene rings is 1. The highest BCUT2D eigenvalue weighted by Crippen LogP contribution is 2.44. The van der Waals surface area contributed by atoms with Crippen molar-refractivity contribution in [3.63, 3.8) is 0 Å². The number of nitrogens with one attached hydrogen (secondary N) is 1. The lowest BCUT2D eigenvalue weighted by Crippen LogP contribution is -2.39. The van der Waals surface area contributed by atoms with Gasteiger partial charge in [-0.05, 0) is 35.8 Å². The number of aliphatic imine (C=N–C) groups is 1. The largest absolute Gasteiger partial charge is 0.343 e. The lowest BCUT2D eigenvalue weighted by Gasteiger charge is -2.37. The van der Waals surface area contributed by atoms with Gasteiger partial charge in [-0.25, -0.2) is 0 Å². The van der Waals surface area contributed by atoms with Gasteiger partial charge in [-0.3, -0.25) is 9.79 Å². The third kappa shape index (κ3) is 3.81. The lowest BCUT2D eigenvalue weighted by atomic mass is 9.73. The summed E-state index contributed by atoms with van der Waals surface area (Å²) in [5, 5.41) is 5.97. The molecule has 3 nitrogen and oxygen atoms in total. The molecule has 3 rings (SSSR count). The van der Waals surface area contributed by atoms with Gasteiger partial charge in [-0.15, -0.1) is 0 Å². The maximum Gasteiger partial charge on any atom is 0.163 e. The molecule has 0 spiro atoms. The number of halogens is 1. The summed E-state index contributed by atoms with van der Waals surface area (Å²) in [7, 11) is 0. The first kappa shape index (κ1) is 19.0. The van der Waals surface area contributed by atoms with Gasteiger partial charge in [-0.2, -0.15) is 0 Å². The fraction of sp³-hybridized carbons (Fsp3) is 0.333. The van der Waals surface area contributed by atoms with E-state index in [0.29, 0.717) is 17.3 Å². The molecular formula is C21H23ClN2OS. The van der Waals surface area contributed by atoms with Gasteiger partial charge in [0.15, 0.2) is 5.78 Å². The van der Waals surface area contributed by atoms with Crippen LogP contribution in [-0.2, 0) is 4.79 Å². The summed E-state index contributed by atoms with van der Waals surface area (Å²) in [6.07, 6.45) is 3.28. The summed E-state index contributed by atoms with van der Waals surface area (Å²) in [6.45, 7) is 10.3. The van der Waals surface area contributed by atoms with E-state index in [2.05, 4.69) is 25.7 Å². The van der Waals surface area contributed by atoms with Crippen LogP contribution >= 0.6 is 23.4 Å². The fourth-order valence-electron chi connectivity index (χ4n) is 3.40. The number of rotatable bonds is 4. The van der Waals surface area contributed by atoms with Crippen LogP contribution in [0, 0.1) is 5.41 Å². The molecule has 26 heavy (non-hydrogen) atoms. The molecule has 1 unspecified atom stereocenters. The summed E-state index contributed by atoms with van der Waals surface area (Å²) < 4.78 is 0. The minimum atomic E-state index is -0.387. The van der Waals surface area contributed by atoms with Gasteiger partial charge in [-0.1, -0.05) is 68.1 Å². The van der Waals surface area contributed by atoms with Crippen LogP contribution in [0.5, 0.6) is 0 Å². The van der Waals surface area contributed by atoms with Crippen LogP contribution in [0.2, 0.25) is 5.02 Å². The number of nitrogens with zero attached hydrogens (tertiary/aromatic N) is 1. The molecule has 5 heteroatoms. The Labute approximate surface area is 164 Å². The molecule has 1 aliphatic carbocycles. The molecule has 136 valence electrons. The number of thioether (sulfide) groups is 1. The maximum absolute atomic E-state index is 12.9. The van der Waals surface area contributed by atoms with Crippen molar-refractivity contribution in [3.05, 3.63) is 69.1 Å². The van der Waals surface area contributed by atoms with Crippen molar-refractivity contribution in [2.75, 3.05) is 0 Å². The quantitative estimate of drug-likeness (QED) is 0.710. The van der Waals surface area contributed by atoms with E-state index in [0.717, 1.165) is 28.2 Å². The van der Waals surface area contributed by atoms with Gasteiger partial charge < -0.3 is 5.32 Å². The van der Waals surface area contributed by atoms with Gasteiger partial charge in [0, 0.05) is 27.6 Å². The fourth-order valence-corrected chi connectivity index (χ4v) is 4.16. The Bertz CT molecular complexity index is 851. The highest BCUT2D eigenvalue weighted by molar-refractivity contribution is 8.06. The summed E-state index contributed by atoms with van der Waals surface area (Å²) in [6, 6.07) is 7.22. The van der Waals surface area contributed by atoms with Crippen molar-refractivity contribution in [3.8, 4) is 0 Å². The second-order valence-corrected chi connectivity index (χ2v) is 8.78. The van der Waals surface area contributed by atoms with E-state index in [9.17, 15) is 4.79 Å². The maximum atomic E-state index is 12.9. The zero-order chi connectivity index (χ0) is 18.9. The molecule has 0 bridgehead atoms. The van der Waals surface area contributed by atoms with Crippen molar-refractivity contribution < 1.29 is 4.79 Å². The molecule has 0 amide bonds. The first-order valence-electron chi connectivity index (χ1n) is 8.65. The van der Waals surface area contributed by atoms with Crippen molar-refractivity contribution in [2.24, 2.45) is 10.4 Å². The Hall–Kier alpha value is -1.78. The van der Waals surface area contributed by atoms with Crippen LogP contribution in [0.1, 0.15) is 45.2 Å². The minimum absolute atomic E-state index is 0.0752. The van der Waals surface area contributed by atoms with E-state index in [1.165, 1.54) is 11.8 Å². The van der Waals surface area contributed by atoms with E-state index < -0.39 is 0 Å². The second-order valence-electron chi connectivity index (χ2n) is 7.37.